The van der Waals surface area contributed by atoms with Crippen molar-refractivity contribution in [3.63, 3.8) is 0 Å². The average molecular weight is 364 g/mol. The van der Waals surface area contributed by atoms with Crippen LogP contribution in [0.15, 0.2) is 30.3 Å². The summed E-state index contributed by atoms with van der Waals surface area (Å²) in [5.74, 6) is 2.69. The lowest BCUT2D eigenvalue weighted by Gasteiger charge is -2.55. The van der Waals surface area contributed by atoms with Crippen LogP contribution >= 0.6 is 0 Å². The van der Waals surface area contributed by atoms with Crippen LogP contribution in [0.3, 0.4) is 0 Å². The lowest BCUT2D eigenvalue weighted by atomic mass is 9.49. The molecule has 142 valence electrons. The molecule has 4 saturated carbocycles. The van der Waals surface area contributed by atoms with Crippen molar-refractivity contribution >= 4 is 5.91 Å². The molecule has 6 rings (SSSR count). The molecule has 1 aromatic carbocycles. The Kier molecular flexibility index (Phi) is 3.92. The molecule has 0 spiro atoms. The Morgan fingerprint density at radius 3 is 2.26 bits per heavy atom. The second kappa shape index (κ2) is 6.22. The fourth-order valence-corrected chi connectivity index (χ4v) is 6.50. The van der Waals surface area contributed by atoms with Crippen molar-refractivity contribution < 1.29 is 4.79 Å². The normalized spacial score (nSPS) is 31.3. The number of aromatic nitrogens is 2. The molecule has 2 aromatic rings. The second-order valence-electron chi connectivity index (χ2n) is 9.28. The predicted molar refractivity (Wildman–Crippen MR) is 105 cm³/mol. The maximum absolute atomic E-state index is 13.2. The third-order valence-electron chi connectivity index (χ3n) is 7.39. The summed E-state index contributed by atoms with van der Waals surface area (Å²) in [6.45, 7) is 4.73. The van der Waals surface area contributed by atoms with Gasteiger partial charge in [-0.05, 0) is 82.3 Å². The van der Waals surface area contributed by atoms with Gasteiger partial charge in [0.1, 0.15) is 0 Å². The third kappa shape index (κ3) is 2.81. The van der Waals surface area contributed by atoms with Gasteiger partial charge in [0.15, 0.2) is 0 Å². The molecule has 1 amide bonds. The van der Waals surface area contributed by atoms with E-state index in [1.54, 1.807) is 0 Å². The molecule has 4 bridgehead atoms. The number of amides is 1. The van der Waals surface area contributed by atoms with Gasteiger partial charge in [0.25, 0.3) is 0 Å². The van der Waals surface area contributed by atoms with Crippen molar-refractivity contribution in [2.75, 3.05) is 0 Å². The summed E-state index contributed by atoms with van der Waals surface area (Å²) in [7, 11) is 0. The number of nitrogens with zero attached hydrogens (tertiary/aromatic N) is 2. The Morgan fingerprint density at radius 1 is 1.07 bits per heavy atom. The van der Waals surface area contributed by atoms with Gasteiger partial charge in [0.2, 0.25) is 5.91 Å². The summed E-state index contributed by atoms with van der Waals surface area (Å²) in [5, 5.41) is 8.03. The summed E-state index contributed by atoms with van der Waals surface area (Å²) in [6.07, 6.45) is 7.46. The van der Waals surface area contributed by atoms with Crippen LogP contribution in [-0.4, -0.2) is 15.7 Å². The average Bonchev–Trinajstić information content (AvgIpc) is 2.93. The topological polar surface area (TPSA) is 46.9 Å². The first-order valence-electron chi connectivity index (χ1n) is 10.4. The molecular weight excluding hydrogens is 334 g/mol. The molecule has 4 aliphatic carbocycles. The molecule has 0 atom stereocenters. The number of para-hydroxylation sites is 1. The van der Waals surface area contributed by atoms with E-state index in [4.69, 9.17) is 5.10 Å². The van der Waals surface area contributed by atoms with Crippen LogP contribution in [0.4, 0.5) is 0 Å². The van der Waals surface area contributed by atoms with Crippen LogP contribution in [0, 0.1) is 37.0 Å². The lowest BCUT2D eigenvalue weighted by molar-refractivity contribution is -0.146. The van der Waals surface area contributed by atoms with Crippen LogP contribution in [0.5, 0.6) is 0 Å². The fourth-order valence-electron chi connectivity index (χ4n) is 6.50. The van der Waals surface area contributed by atoms with Crippen molar-refractivity contribution in [3.8, 4) is 5.69 Å². The quantitative estimate of drug-likeness (QED) is 0.879. The Morgan fingerprint density at radius 2 is 1.67 bits per heavy atom. The number of carbonyl (C=O) groups is 1. The van der Waals surface area contributed by atoms with Gasteiger partial charge in [-0.1, -0.05) is 18.2 Å². The first-order valence-corrected chi connectivity index (χ1v) is 10.4. The first kappa shape index (κ1) is 17.0. The van der Waals surface area contributed by atoms with Crippen molar-refractivity contribution in [2.24, 2.45) is 23.2 Å². The molecule has 27 heavy (non-hydrogen) atoms. The molecule has 1 N–H and O–H groups in total. The van der Waals surface area contributed by atoms with Gasteiger partial charge in [0, 0.05) is 23.2 Å². The summed E-state index contributed by atoms with van der Waals surface area (Å²) < 4.78 is 1.99. The van der Waals surface area contributed by atoms with E-state index in [1.165, 1.54) is 19.3 Å². The van der Waals surface area contributed by atoms with E-state index in [9.17, 15) is 4.79 Å². The highest BCUT2D eigenvalue weighted by Gasteiger charge is 2.54. The number of carbonyl (C=O) groups excluding carboxylic acids is 1. The summed E-state index contributed by atoms with van der Waals surface area (Å²) in [6, 6.07) is 10.2. The molecule has 1 aromatic heterocycles. The molecule has 1 heterocycles. The summed E-state index contributed by atoms with van der Waals surface area (Å²) in [5.41, 5.74) is 4.26. The number of aryl methyl sites for hydroxylation is 1. The molecule has 0 aliphatic heterocycles. The monoisotopic (exact) mass is 363 g/mol. The van der Waals surface area contributed by atoms with Crippen LogP contribution < -0.4 is 5.32 Å². The van der Waals surface area contributed by atoms with E-state index in [2.05, 4.69) is 24.4 Å². The molecule has 0 unspecified atom stereocenters. The van der Waals surface area contributed by atoms with E-state index in [1.807, 2.05) is 29.8 Å². The number of rotatable bonds is 4. The van der Waals surface area contributed by atoms with Gasteiger partial charge in [0.05, 0.1) is 11.4 Å². The largest absolute Gasteiger partial charge is 0.351 e. The third-order valence-corrected chi connectivity index (χ3v) is 7.39. The van der Waals surface area contributed by atoms with E-state index in [-0.39, 0.29) is 5.41 Å². The van der Waals surface area contributed by atoms with Crippen LogP contribution in [0.2, 0.25) is 0 Å². The molecular formula is C23H29N3O. The van der Waals surface area contributed by atoms with Gasteiger partial charge in [-0.25, -0.2) is 4.68 Å². The Balaban J connectivity index is 1.33. The zero-order chi connectivity index (χ0) is 18.6. The van der Waals surface area contributed by atoms with Gasteiger partial charge in [-0.15, -0.1) is 0 Å². The highest BCUT2D eigenvalue weighted by atomic mass is 16.2. The van der Waals surface area contributed by atoms with Gasteiger partial charge in [-0.2, -0.15) is 5.10 Å². The van der Waals surface area contributed by atoms with E-state index in [0.717, 1.165) is 59.7 Å². The highest BCUT2D eigenvalue weighted by molar-refractivity contribution is 5.83. The maximum atomic E-state index is 13.2. The minimum Gasteiger partial charge on any atom is -0.351 e. The maximum Gasteiger partial charge on any atom is 0.226 e. The van der Waals surface area contributed by atoms with Crippen molar-refractivity contribution in [1.29, 1.82) is 0 Å². The van der Waals surface area contributed by atoms with Crippen LogP contribution in [0.25, 0.3) is 5.69 Å². The summed E-state index contributed by atoms with van der Waals surface area (Å²) in [4.78, 5) is 13.2. The Labute approximate surface area is 161 Å². The van der Waals surface area contributed by atoms with E-state index >= 15 is 0 Å². The summed E-state index contributed by atoms with van der Waals surface area (Å²) >= 11 is 0. The molecule has 4 heteroatoms. The lowest BCUT2D eigenvalue weighted by Crippen LogP contribution is -2.53. The highest BCUT2D eigenvalue weighted by Crippen LogP contribution is 2.60. The van der Waals surface area contributed by atoms with Crippen molar-refractivity contribution in [1.82, 2.24) is 15.1 Å². The van der Waals surface area contributed by atoms with Crippen molar-refractivity contribution in [2.45, 2.75) is 58.9 Å². The van der Waals surface area contributed by atoms with Gasteiger partial charge >= 0.3 is 0 Å². The van der Waals surface area contributed by atoms with Gasteiger partial charge < -0.3 is 5.32 Å². The first-order chi connectivity index (χ1) is 13.0. The second-order valence-corrected chi connectivity index (χ2v) is 9.28. The number of hydrogen-bond donors (Lipinski definition) is 1. The zero-order valence-corrected chi connectivity index (χ0v) is 16.4. The van der Waals surface area contributed by atoms with Gasteiger partial charge in [-0.3, -0.25) is 4.79 Å². The zero-order valence-electron chi connectivity index (χ0n) is 16.4. The minimum atomic E-state index is -0.0774. The van der Waals surface area contributed by atoms with Crippen LogP contribution in [0.1, 0.15) is 55.5 Å². The molecule has 0 saturated heterocycles. The molecule has 4 fully saturated rings. The standard InChI is InChI=1S/C23H29N3O/c1-15-21(16(2)26(25-15)20-6-4-3-5-7-20)14-24-22(27)23-11-17-8-18(12-23)10-19(9-17)13-23/h3-7,17-19H,8-14H2,1-2H3,(H,24,27). The number of hydrogen-bond acceptors (Lipinski definition) is 2. The van der Waals surface area contributed by atoms with E-state index < -0.39 is 0 Å². The molecule has 4 nitrogen and oxygen atoms in total. The molecule has 0 radical (unpaired) electrons. The predicted octanol–water partition coefficient (Wildman–Crippen LogP) is 4.32. The van der Waals surface area contributed by atoms with E-state index in [0.29, 0.717) is 12.5 Å². The van der Waals surface area contributed by atoms with Crippen LogP contribution in [-0.2, 0) is 11.3 Å². The number of nitrogens with one attached hydrogen (secondary N) is 1. The smallest absolute Gasteiger partial charge is 0.226 e. The Bertz CT molecular complexity index is 832. The Hall–Kier alpha value is -2.10. The fraction of sp³-hybridized carbons (Fsp3) is 0.565. The van der Waals surface area contributed by atoms with Crippen molar-refractivity contribution in [3.05, 3.63) is 47.3 Å². The number of benzene rings is 1. The molecule has 4 aliphatic rings. The minimum absolute atomic E-state index is 0.0774. The SMILES string of the molecule is Cc1nn(-c2ccccc2)c(C)c1CNC(=O)C12CC3CC(CC(C3)C1)C2.